The third-order valence-corrected chi connectivity index (χ3v) is 2.01. The van der Waals surface area contributed by atoms with Crippen LogP contribution in [0.1, 0.15) is 12.8 Å². The molecule has 3 nitrogen and oxygen atoms in total. The molecular formula is C8H13F3N2O. The second-order valence-corrected chi connectivity index (χ2v) is 3.44. The number of hydrogen-bond donors (Lipinski definition) is 1. The molecule has 0 bridgehead atoms. The van der Waals surface area contributed by atoms with Gasteiger partial charge in [0.1, 0.15) is 6.54 Å². The molecule has 14 heavy (non-hydrogen) atoms. The molecule has 0 aliphatic heterocycles. The third kappa shape index (κ3) is 3.53. The highest BCUT2D eigenvalue weighted by Gasteiger charge is 2.38. The first kappa shape index (κ1) is 11.3. The van der Waals surface area contributed by atoms with Gasteiger partial charge in [-0.15, -0.1) is 0 Å². The molecule has 0 aromatic rings. The van der Waals surface area contributed by atoms with Crippen LogP contribution < -0.4 is 5.73 Å². The molecule has 1 aliphatic carbocycles. The molecule has 1 aliphatic rings. The highest BCUT2D eigenvalue weighted by Crippen LogP contribution is 2.31. The molecule has 1 amide bonds. The van der Waals surface area contributed by atoms with E-state index in [1.54, 1.807) is 0 Å². The first-order chi connectivity index (χ1) is 6.44. The molecule has 0 saturated heterocycles. The van der Waals surface area contributed by atoms with Gasteiger partial charge in [-0.2, -0.15) is 13.2 Å². The molecule has 0 radical (unpaired) electrons. The van der Waals surface area contributed by atoms with E-state index in [9.17, 15) is 18.0 Å². The van der Waals surface area contributed by atoms with Gasteiger partial charge in [0.2, 0.25) is 5.91 Å². The van der Waals surface area contributed by atoms with Gasteiger partial charge < -0.3 is 10.6 Å². The number of halogens is 3. The smallest absolute Gasteiger partial charge is 0.332 e. The predicted molar refractivity (Wildman–Crippen MR) is 44.4 cm³/mol. The van der Waals surface area contributed by atoms with Gasteiger partial charge in [-0.1, -0.05) is 0 Å². The van der Waals surface area contributed by atoms with Crippen molar-refractivity contribution >= 4 is 5.91 Å². The van der Waals surface area contributed by atoms with E-state index in [0.717, 1.165) is 4.90 Å². The Kier molecular flexibility index (Phi) is 3.36. The Labute approximate surface area is 80.0 Å². The summed E-state index contributed by atoms with van der Waals surface area (Å²) in [6.45, 7) is -1.14. The van der Waals surface area contributed by atoms with Crippen LogP contribution in [0.2, 0.25) is 0 Å². The minimum atomic E-state index is -4.33. The van der Waals surface area contributed by atoms with Crippen LogP contribution in [0.4, 0.5) is 13.2 Å². The molecule has 0 heterocycles. The molecule has 2 N–H and O–H groups in total. The van der Waals surface area contributed by atoms with Crippen molar-refractivity contribution in [2.45, 2.75) is 19.0 Å². The van der Waals surface area contributed by atoms with Crippen LogP contribution in [-0.4, -0.2) is 36.6 Å². The fourth-order valence-electron chi connectivity index (χ4n) is 1.23. The highest BCUT2D eigenvalue weighted by atomic mass is 19.4. The van der Waals surface area contributed by atoms with E-state index in [1.165, 1.54) is 0 Å². The van der Waals surface area contributed by atoms with E-state index in [-0.39, 0.29) is 19.0 Å². The summed E-state index contributed by atoms with van der Waals surface area (Å²) in [5.41, 5.74) is 5.15. The van der Waals surface area contributed by atoms with Crippen molar-refractivity contribution in [3.05, 3.63) is 0 Å². The summed E-state index contributed by atoms with van der Waals surface area (Å²) < 4.78 is 36.1. The van der Waals surface area contributed by atoms with Crippen molar-refractivity contribution in [3.63, 3.8) is 0 Å². The first-order valence-corrected chi connectivity index (χ1v) is 4.49. The standard InChI is InChI=1S/C8H13F3N2O/c9-8(10,11)5-13(4-3-12)7(14)6-1-2-6/h6H,1-5,12H2. The monoisotopic (exact) mass is 210 g/mol. The summed E-state index contributed by atoms with van der Waals surface area (Å²) in [6, 6.07) is 0. The van der Waals surface area contributed by atoms with Crippen LogP contribution in [0.25, 0.3) is 0 Å². The van der Waals surface area contributed by atoms with Crippen LogP contribution in [0.5, 0.6) is 0 Å². The highest BCUT2D eigenvalue weighted by molar-refractivity contribution is 5.81. The van der Waals surface area contributed by atoms with Crippen LogP contribution >= 0.6 is 0 Å². The maximum absolute atomic E-state index is 12.0. The van der Waals surface area contributed by atoms with Gasteiger partial charge in [0, 0.05) is 19.0 Å². The lowest BCUT2D eigenvalue weighted by atomic mass is 10.3. The van der Waals surface area contributed by atoms with Gasteiger partial charge in [-0.25, -0.2) is 0 Å². The van der Waals surface area contributed by atoms with Gasteiger partial charge in [-0.3, -0.25) is 4.79 Å². The summed E-state index contributed by atoms with van der Waals surface area (Å²) >= 11 is 0. The van der Waals surface area contributed by atoms with Crippen molar-refractivity contribution in [1.82, 2.24) is 4.90 Å². The van der Waals surface area contributed by atoms with Gasteiger partial charge in [-0.05, 0) is 12.8 Å². The summed E-state index contributed by atoms with van der Waals surface area (Å²) in [5.74, 6) is -0.600. The zero-order valence-electron chi connectivity index (χ0n) is 7.68. The minimum absolute atomic E-state index is 0.0190. The Hall–Kier alpha value is -0.780. The molecule has 6 heteroatoms. The number of carbonyl (C=O) groups is 1. The van der Waals surface area contributed by atoms with Gasteiger partial charge in [0.05, 0.1) is 0 Å². The zero-order valence-corrected chi connectivity index (χ0v) is 7.68. The van der Waals surface area contributed by atoms with Crippen LogP contribution in [-0.2, 0) is 4.79 Å². The van der Waals surface area contributed by atoms with Crippen molar-refractivity contribution < 1.29 is 18.0 Å². The van der Waals surface area contributed by atoms with Crippen LogP contribution in [0, 0.1) is 5.92 Å². The number of alkyl halides is 3. The number of nitrogens with zero attached hydrogens (tertiary/aromatic N) is 1. The van der Waals surface area contributed by atoms with Crippen molar-refractivity contribution in [3.8, 4) is 0 Å². The zero-order chi connectivity index (χ0) is 10.8. The summed E-state index contributed by atoms with van der Waals surface area (Å²) in [7, 11) is 0. The maximum atomic E-state index is 12.0. The van der Waals surface area contributed by atoms with E-state index in [4.69, 9.17) is 5.73 Å². The largest absolute Gasteiger partial charge is 0.406 e. The Morgan fingerprint density at radius 1 is 1.43 bits per heavy atom. The molecule has 0 unspecified atom stereocenters. The minimum Gasteiger partial charge on any atom is -0.332 e. The molecule has 1 saturated carbocycles. The molecule has 1 fully saturated rings. The lowest BCUT2D eigenvalue weighted by Gasteiger charge is -2.23. The second-order valence-electron chi connectivity index (χ2n) is 3.44. The quantitative estimate of drug-likeness (QED) is 0.744. The Morgan fingerprint density at radius 2 is 2.00 bits per heavy atom. The molecule has 82 valence electrons. The Balaban J connectivity index is 2.49. The second kappa shape index (κ2) is 4.16. The summed E-state index contributed by atoms with van der Waals surface area (Å²) in [4.78, 5) is 12.1. The van der Waals surface area contributed by atoms with Crippen LogP contribution in [0.3, 0.4) is 0 Å². The molecular weight excluding hydrogens is 197 g/mol. The summed E-state index contributed by atoms with van der Waals surface area (Å²) in [6.07, 6.45) is -2.92. The Morgan fingerprint density at radius 3 is 2.36 bits per heavy atom. The van der Waals surface area contributed by atoms with Gasteiger partial charge >= 0.3 is 6.18 Å². The number of amides is 1. The lowest BCUT2D eigenvalue weighted by Crippen LogP contribution is -2.42. The Bertz CT molecular complexity index is 213. The van der Waals surface area contributed by atoms with Crippen LogP contribution in [0.15, 0.2) is 0 Å². The average Bonchev–Trinajstić information content (AvgIpc) is 2.82. The number of carbonyl (C=O) groups excluding carboxylic acids is 1. The molecule has 0 aromatic heterocycles. The molecule has 0 aromatic carbocycles. The third-order valence-electron chi connectivity index (χ3n) is 2.01. The molecule has 0 atom stereocenters. The lowest BCUT2D eigenvalue weighted by molar-refractivity contribution is -0.161. The van der Waals surface area contributed by atoms with E-state index in [0.29, 0.717) is 12.8 Å². The number of nitrogens with two attached hydrogens (primary N) is 1. The van der Waals surface area contributed by atoms with Crippen molar-refractivity contribution in [2.75, 3.05) is 19.6 Å². The molecule has 0 spiro atoms. The van der Waals surface area contributed by atoms with E-state index >= 15 is 0 Å². The fraction of sp³-hybridized carbons (Fsp3) is 0.875. The van der Waals surface area contributed by atoms with Crippen molar-refractivity contribution in [1.29, 1.82) is 0 Å². The van der Waals surface area contributed by atoms with E-state index in [2.05, 4.69) is 0 Å². The van der Waals surface area contributed by atoms with E-state index < -0.39 is 18.6 Å². The topological polar surface area (TPSA) is 46.3 Å². The number of rotatable bonds is 4. The molecule has 1 rings (SSSR count). The summed E-state index contributed by atoms with van der Waals surface area (Å²) in [5, 5.41) is 0. The maximum Gasteiger partial charge on any atom is 0.406 e. The SMILES string of the molecule is NCCN(CC(F)(F)F)C(=O)C1CC1. The van der Waals surface area contributed by atoms with Gasteiger partial charge in [0.15, 0.2) is 0 Å². The average molecular weight is 210 g/mol. The fourth-order valence-corrected chi connectivity index (χ4v) is 1.23. The normalized spacial score (nSPS) is 16.9. The predicted octanol–water partition coefficient (Wildman–Crippen LogP) is 0.746. The van der Waals surface area contributed by atoms with Gasteiger partial charge in [0.25, 0.3) is 0 Å². The van der Waals surface area contributed by atoms with E-state index in [1.807, 2.05) is 0 Å². The first-order valence-electron chi connectivity index (χ1n) is 4.49. The van der Waals surface area contributed by atoms with Crippen molar-refractivity contribution in [2.24, 2.45) is 11.7 Å². The number of hydrogen-bond acceptors (Lipinski definition) is 2.